The largest absolute Gasteiger partial charge is 0.356 e. The van der Waals surface area contributed by atoms with Crippen LogP contribution in [0, 0.1) is 0 Å². The number of urea groups is 1. The van der Waals surface area contributed by atoms with Crippen LogP contribution in [0.4, 0.5) is 4.79 Å². The minimum Gasteiger partial charge on any atom is -0.356 e. The van der Waals surface area contributed by atoms with E-state index in [1.54, 1.807) is 0 Å². The van der Waals surface area contributed by atoms with Gasteiger partial charge in [-0.1, -0.05) is 31.9 Å². The molecule has 5 nitrogen and oxygen atoms in total. The number of halogens is 2. The van der Waals surface area contributed by atoms with E-state index in [2.05, 4.69) is 42.5 Å². The van der Waals surface area contributed by atoms with Crippen LogP contribution in [0.2, 0.25) is 0 Å². The van der Waals surface area contributed by atoms with Crippen LogP contribution >= 0.6 is 31.9 Å². The summed E-state index contributed by atoms with van der Waals surface area (Å²) < 4.78 is 5.20. The standard InChI is InChI=1S/C6H8Br2N2O3/c7-1-2-13-5-3(8)4(11)9-6(12)10-5/h3,5H,1-2H2,(H2,9,10,11,12)/t3-,5+/m0/s1. The first-order chi connectivity index (χ1) is 6.15. The van der Waals surface area contributed by atoms with E-state index in [0.717, 1.165) is 0 Å². The predicted octanol–water partition coefficient (Wildman–Crippen LogP) is 0.327. The van der Waals surface area contributed by atoms with E-state index in [-0.39, 0.29) is 5.91 Å². The number of rotatable bonds is 3. The SMILES string of the molecule is O=C1NC(=O)[C@H](Br)[C@@H](OCCBr)N1. The second kappa shape index (κ2) is 4.92. The molecule has 0 aliphatic carbocycles. The Bertz CT molecular complexity index is 224. The molecule has 0 spiro atoms. The highest BCUT2D eigenvalue weighted by atomic mass is 79.9. The number of nitrogens with one attached hydrogen (secondary N) is 2. The van der Waals surface area contributed by atoms with Crippen molar-refractivity contribution in [2.75, 3.05) is 11.9 Å². The summed E-state index contributed by atoms with van der Waals surface area (Å²) in [5.41, 5.74) is 0. The number of imide groups is 1. The zero-order valence-electron chi connectivity index (χ0n) is 6.55. The molecule has 0 saturated carbocycles. The topological polar surface area (TPSA) is 67.4 Å². The van der Waals surface area contributed by atoms with Gasteiger partial charge >= 0.3 is 6.03 Å². The molecule has 1 saturated heterocycles. The van der Waals surface area contributed by atoms with Gasteiger partial charge in [-0.05, 0) is 0 Å². The van der Waals surface area contributed by atoms with Gasteiger partial charge in [-0.15, -0.1) is 0 Å². The van der Waals surface area contributed by atoms with Crippen LogP contribution < -0.4 is 10.6 Å². The summed E-state index contributed by atoms with van der Waals surface area (Å²) in [5, 5.41) is 5.23. The van der Waals surface area contributed by atoms with Crippen molar-refractivity contribution in [3.05, 3.63) is 0 Å². The third-order valence-electron chi connectivity index (χ3n) is 1.40. The lowest BCUT2D eigenvalue weighted by molar-refractivity contribution is -0.123. The third-order valence-corrected chi connectivity index (χ3v) is 2.62. The Morgan fingerprint density at radius 3 is 2.77 bits per heavy atom. The molecule has 0 aromatic carbocycles. The van der Waals surface area contributed by atoms with Crippen LogP contribution in [0.5, 0.6) is 0 Å². The molecule has 0 unspecified atom stereocenters. The van der Waals surface area contributed by atoms with Gasteiger partial charge in [-0.2, -0.15) is 0 Å². The zero-order valence-corrected chi connectivity index (χ0v) is 9.72. The zero-order chi connectivity index (χ0) is 9.84. The molecule has 1 fully saturated rings. The van der Waals surface area contributed by atoms with Gasteiger partial charge in [0.05, 0.1) is 6.61 Å². The Morgan fingerprint density at radius 1 is 1.46 bits per heavy atom. The number of hydrogen-bond donors (Lipinski definition) is 2. The quantitative estimate of drug-likeness (QED) is 0.737. The lowest BCUT2D eigenvalue weighted by atomic mass is 10.3. The second-order valence-corrected chi connectivity index (χ2v) is 4.12. The third kappa shape index (κ3) is 2.92. The van der Waals surface area contributed by atoms with Gasteiger partial charge in [-0.3, -0.25) is 10.1 Å². The van der Waals surface area contributed by atoms with Gasteiger partial charge in [0.15, 0.2) is 6.23 Å². The lowest BCUT2D eigenvalue weighted by Gasteiger charge is -2.27. The van der Waals surface area contributed by atoms with Gasteiger partial charge in [0.1, 0.15) is 4.83 Å². The summed E-state index contributed by atoms with van der Waals surface area (Å²) >= 11 is 6.28. The summed E-state index contributed by atoms with van der Waals surface area (Å²) in [6, 6.07) is -0.528. The Morgan fingerprint density at radius 2 is 2.15 bits per heavy atom. The van der Waals surface area contributed by atoms with E-state index in [9.17, 15) is 9.59 Å². The van der Waals surface area contributed by atoms with Gasteiger partial charge in [0, 0.05) is 5.33 Å². The van der Waals surface area contributed by atoms with Crippen molar-refractivity contribution in [1.29, 1.82) is 0 Å². The van der Waals surface area contributed by atoms with Crippen LogP contribution in [-0.4, -0.2) is 34.9 Å². The average molecular weight is 316 g/mol. The van der Waals surface area contributed by atoms with Crippen molar-refractivity contribution >= 4 is 43.8 Å². The number of carbonyl (C=O) groups excluding carboxylic acids is 2. The lowest BCUT2D eigenvalue weighted by Crippen LogP contribution is -2.60. The van der Waals surface area contributed by atoms with Crippen LogP contribution in [0.1, 0.15) is 0 Å². The summed E-state index contributed by atoms with van der Waals surface area (Å²) in [6.45, 7) is 0.431. The first-order valence-electron chi connectivity index (χ1n) is 3.58. The molecule has 1 heterocycles. The monoisotopic (exact) mass is 314 g/mol. The van der Waals surface area contributed by atoms with E-state index in [0.29, 0.717) is 11.9 Å². The van der Waals surface area contributed by atoms with E-state index >= 15 is 0 Å². The van der Waals surface area contributed by atoms with Gasteiger partial charge < -0.3 is 10.1 Å². The van der Waals surface area contributed by atoms with Crippen molar-refractivity contribution in [2.45, 2.75) is 11.1 Å². The maximum atomic E-state index is 11.1. The fourth-order valence-corrected chi connectivity index (χ4v) is 1.44. The second-order valence-electron chi connectivity index (χ2n) is 2.34. The number of alkyl halides is 2. The van der Waals surface area contributed by atoms with Crippen molar-refractivity contribution in [3.63, 3.8) is 0 Å². The predicted molar refractivity (Wildman–Crippen MR) is 52.9 cm³/mol. The van der Waals surface area contributed by atoms with E-state index in [4.69, 9.17) is 4.74 Å². The van der Waals surface area contributed by atoms with E-state index < -0.39 is 17.1 Å². The summed E-state index contributed by atoms with van der Waals surface area (Å²) in [5.74, 6) is -0.386. The minimum atomic E-state index is -0.598. The molecule has 1 rings (SSSR count). The van der Waals surface area contributed by atoms with Crippen LogP contribution in [0.3, 0.4) is 0 Å². The van der Waals surface area contributed by atoms with Crippen molar-refractivity contribution < 1.29 is 14.3 Å². The molecule has 0 aromatic heterocycles. The maximum absolute atomic E-state index is 11.1. The number of amides is 3. The molecule has 74 valence electrons. The number of carbonyl (C=O) groups is 2. The summed E-state index contributed by atoms with van der Waals surface area (Å²) in [7, 11) is 0. The smallest absolute Gasteiger partial charge is 0.323 e. The Balaban J connectivity index is 2.50. The van der Waals surface area contributed by atoms with E-state index in [1.807, 2.05) is 0 Å². The van der Waals surface area contributed by atoms with Crippen LogP contribution in [-0.2, 0) is 9.53 Å². The number of ether oxygens (including phenoxy) is 1. The van der Waals surface area contributed by atoms with Crippen molar-refractivity contribution in [2.24, 2.45) is 0 Å². The molecule has 7 heteroatoms. The van der Waals surface area contributed by atoms with Crippen molar-refractivity contribution in [1.82, 2.24) is 10.6 Å². The molecule has 1 aliphatic rings. The maximum Gasteiger partial charge on any atom is 0.323 e. The molecule has 3 amide bonds. The van der Waals surface area contributed by atoms with Crippen LogP contribution in [0.25, 0.3) is 0 Å². The molecular formula is C6H8Br2N2O3. The Labute approximate surface area is 91.8 Å². The molecule has 1 aliphatic heterocycles. The van der Waals surface area contributed by atoms with Crippen LogP contribution in [0.15, 0.2) is 0 Å². The average Bonchev–Trinajstić information content (AvgIpc) is 2.09. The molecule has 2 atom stereocenters. The summed E-state index contributed by atoms with van der Waals surface area (Å²) in [4.78, 5) is 21.4. The fraction of sp³-hybridized carbons (Fsp3) is 0.667. The highest BCUT2D eigenvalue weighted by Gasteiger charge is 2.33. The van der Waals surface area contributed by atoms with Gasteiger partial charge in [0.25, 0.3) is 0 Å². The van der Waals surface area contributed by atoms with Gasteiger partial charge in [-0.25, -0.2) is 4.79 Å². The highest BCUT2D eigenvalue weighted by Crippen LogP contribution is 2.11. The van der Waals surface area contributed by atoms with Gasteiger partial charge in [0.2, 0.25) is 5.91 Å². The highest BCUT2D eigenvalue weighted by molar-refractivity contribution is 9.10. The molecule has 2 N–H and O–H groups in total. The Hall–Kier alpha value is -0.140. The van der Waals surface area contributed by atoms with E-state index in [1.165, 1.54) is 0 Å². The normalized spacial score (nSPS) is 28.2. The molecular weight excluding hydrogens is 308 g/mol. The minimum absolute atomic E-state index is 0.386. The molecule has 0 radical (unpaired) electrons. The first-order valence-corrected chi connectivity index (χ1v) is 5.62. The summed E-state index contributed by atoms with van der Waals surface area (Å²) in [6.07, 6.45) is -0.598. The number of hydrogen-bond acceptors (Lipinski definition) is 3. The Kier molecular flexibility index (Phi) is 4.14. The molecule has 0 bridgehead atoms. The van der Waals surface area contributed by atoms with Crippen molar-refractivity contribution in [3.8, 4) is 0 Å². The molecule has 13 heavy (non-hydrogen) atoms. The first kappa shape index (κ1) is 10.9. The molecule has 0 aromatic rings. The fourth-order valence-electron chi connectivity index (χ4n) is 0.854.